The van der Waals surface area contributed by atoms with E-state index in [0.29, 0.717) is 24.3 Å². The van der Waals surface area contributed by atoms with Gasteiger partial charge >= 0.3 is 0 Å². The standard InChI is InChI=1S/C14H24N2/c1-10(2)14(11(3)4)13-7-5-6-12(16-13)8-9-15/h5-7,10-11,14H,8-9,15H2,1-4H3. The first-order valence-corrected chi connectivity index (χ1v) is 6.22. The number of nitrogens with zero attached hydrogens (tertiary/aromatic N) is 1. The summed E-state index contributed by atoms with van der Waals surface area (Å²) in [7, 11) is 0. The molecule has 2 heteroatoms. The van der Waals surface area contributed by atoms with Crippen molar-refractivity contribution in [1.82, 2.24) is 4.98 Å². The Hall–Kier alpha value is -0.890. The third kappa shape index (κ3) is 3.31. The van der Waals surface area contributed by atoms with Crippen molar-refractivity contribution in [3.8, 4) is 0 Å². The van der Waals surface area contributed by atoms with E-state index in [1.54, 1.807) is 0 Å². The molecular weight excluding hydrogens is 196 g/mol. The molecule has 0 amide bonds. The predicted molar refractivity (Wildman–Crippen MR) is 69.4 cm³/mol. The Balaban J connectivity index is 2.95. The van der Waals surface area contributed by atoms with Crippen LogP contribution in [0, 0.1) is 11.8 Å². The largest absolute Gasteiger partial charge is 0.330 e. The third-order valence-corrected chi connectivity index (χ3v) is 3.01. The van der Waals surface area contributed by atoms with Crippen LogP contribution in [0.4, 0.5) is 0 Å². The first-order valence-electron chi connectivity index (χ1n) is 6.22. The summed E-state index contributed by atoms with van der Waals surface area (Å²) in [5.41, 5.74) is 7.90. The lowest BCUT2D eigenvalue weighted by atomic mass is 9.82. The van der Waals surface area contributed by atoms with Gasteiger partial charge < -0.3 is 5.73 Å². The molecule has 1 rings (SSSR count). The molecule has 0 aromatic carbocycles. The molecule has 0 atom stereocenters. The predicted octanol–water partition coefficient (Wildman–Crippen LogP) is 2.98. The van der Waals surface area contributed by atoms with E-state index in [4.69, 9.17) is 10.7 Å². The summed E-state index contributed by atoms with van der Waals surface area (Å²) in [6.07, 6.45) is 0.872. The van der Waals surface area contributed by atoms with E-state index in [-0.39, 0.29) is 0 Å². The Kier molecular flexibility index (Phi) is 4.94. The number of hydrogen-bond acceptors (Lipinski definition) is 2. The Morgan fingerprint density at radius 1 is 1.12 bits per heavy atom. The summed E-state index contributed by atoms with van der Waals surface area (Å²) in [6, 6.07) is 6.31. The van der Waals surface area contributed by atoms with Crippen LogP contribution in [0.5, 0.6) is 0 Å². The second-order valence-corrected chi connectivity index (χ2v) is 5.11. The maximum atomic E-state index is 5.57. The summed E-state index contributed by atoms with van der Waals surface area (Å²) < 4.78 is 0. The van der Waals surface area contributed by atoms with Crippen LogP contribution in [0.3, 0.4) is 0 Å². The summed E-state index contributed by atoms with van der Waals surface area (Å²) in [6.45, 7) is 9.73. The van der Waals surface area contributed by atoms with Gasteiger partial charge in [-0.3, -0.25) is 4.98 Å². The van der Waals surface area contributed by atoms with E-state index >= 15 is 0 Å². The van der Waals surface area contributed by atoms with E-state index in [2.05, 4.69) is 45.9 Å². The average Bonchev–Trinajstić information content (AvgIpc) is 2.17. The highest BCUT2D eigenvalue weighted by Crippen LogP contribution is 2.30. The summed E-state index contributed by atoms with van der Waals surface area (Å²) in [5.74, 6) is 1.79. The van der Waals surface area contributed by atoms with Crippen molar-refractivity contribution in [3.63, 3.8) is 0 Å². The second-order valence-electron chi connectivity index (χ2n) is 5.11. The van der Waals surface area contributed by atoms with Gasteiger partial charge in [0.1, 0.15) is 0 Å². The van der Waals surface area contributed by atoms with Crippen LogP contribution in [-0.4, -0.2) is 11.5 Å². The van der Waals surface area contributed by atoms with Crippen molar-refractivity contribution < 1.29 is 0 Å². The lowest BCUT2D eigenvalue weighted by Gasteiger charge is -2.24. The van der Waals surface area contributed by atoms with Gasteiger partial charge in [-0.05, 0) is 30.5 Å². The van der Waals surface area contributed by atoms with Crippen LogP contribution < -0.4 is 5.73 Å². The van der Waals surface area contributed by atoms with Crippen molar-refractivity contribution >= 4 is 0 Å². The zero-order valence-electron chi connectivity index (χ0n) is 10.9. The topological polar surface area (TPSA) is 38.9 Å². The highest BCUT2D eigenvalue weighted by Gasteiger charge is 2.20. The Bertz CT molecular complexity index is 310. The summed E-state index contributed by atoms with van der Waals surface area (Å²) in [4.78, 5) is 4.73. The molecule has 0 unspecified atom stereocenters. The van der Waals surface area contributed by atoms with Crippen molar-refractivity contribution in [3.05, 3.63) is 29.6 Å². The van der Waals surface area contributed by atoms with Gasteiger partial charge in [0.05, 0.1) is 0 Å². The lowest BCUT2D eigenvalue weighted by molar-refractivity contribution is 0.379. The molecule has 0 aliphatic carbocycles. The molecule has 0 aliphatic rings. The van der Waals surface area contributed by atoms with Gasteiger partial charge in [-0.15, -0.1) is 0 Å². The van der Waals surface area contributed by atoms with E-state index in [1.165, 1.54) is 5.69 Å². The number of rotatable bonds is 5. The molecule has 0 bridgehead atoms. The minimum absolute atomic E-state index is 0.540. The van der Waals surface area contributed by atoms with Crippen molar-refractivity contribution in [2.24, 2.45) is 17.6 Å². The molecule has 0 saturated carbocycles. The number of hydrogen-bond donors (Lipinski definition) is 1. The van der Waals surface area contributed by atoms with Gasteiger partial charge in [0.25, 0.3) is 0 Å². The molecule has 90 valence electrons. The SMILES string of the molecule is CC(C)C(c1cccc(CCN)n1)C(C)C. The Morgan fingerprint density at radius 3 is 2.25 bits per heavy atom. The zero-order valence-corrected chi connectivity index (χ0v) is 10.9. The fourth-order valence-electron chi connectivity index (χ4n) is 2.42. The lowest BCUT2D eigenvalue weighted by Crippen LogP contribution is -2.16. The maximum absolute atomic E-state index is 5.57. The van der Waals surface area contributed by atoms with Crippen molar-refractivity contribution in [1.29, 1.82) is 0 Å². The molecule has 2 nitrogen and oxygen atoms in total. The molecular formula is C14H24N2. The quantitative estimate of drug-likeness (QED) is 0.828. The van der Waals surface area contributed by atoms with Crippen LogP contribution in [0.2, 0.25) is 0 Å². The monoisotopic (exact) mass is 220 g/mol. The number of nitrogens with two attached hydrogens (primary N) is 1. The second kappa shape index (κ2) is 6.00. The van der Waals surface area contributed by atoms with E-state index in [9.17, 15) is 0 Å². The van der Waals surface area contributed by atoms with Crippen LogP contribution in [-0.2, 0) is 6.42 Å². The number of pyridine rings is 1. The maximum Gasteiger partial charge on any atom is 0.0442 e. The highest BCUT2D eigenvalue weighted by atomic mass is 14.7. The smallest absolute Gasteiger partial charge is 0.0442 e. The fourth-order valence-corrected chi connectivity index (χ4v) is 2.42. The van der Waals surface area contributed by atoms with Crippen LogP contribution in [0.25, 0.3) is 0 Å². The minimum atomic E-state index is 0.540. The molecule has 1 aromatic heterocycles. The van der Waals surface area contributed by atoms with Crippen molar-refractivity contribution in [2.45, 2.75) is 40.0 Å². The van der Waals surface area contributed by atoms with Gasteiger partial charge in [0.15, 0.2) is 0 Å². The zero-order chi connectivity index (χ0) is 12.1. The van der Waals surface area contributed by atoms with Gasteiger partial charge in [-0.25, -0.2) is 0 Å². The molecule has 0 aliphatic heterocycles. The molecule has 2 N–H and O–H groups in total. The molecule has 1 aromatic rings. The Labute approximate surface area is 99.3 Å². The summed E-state index contributed by atoms with van der Waals surface area (Å²) >= 11 is 0. The van der Waals surface area contributed by atoms with Gasteiger partial charge in [0.2, 0.25) is 0 Å². The van der Waals surface area contributed by atoms with Gasteiger partial charge in [-0.1, -0.05) is 33.8 Å². The molecule has 0 radical (unpaired) electrons. The van der Waals surface area contributed by atoms with Crippen LogP contribution in [0.15, 0.2) is 18.2 Å². The summed E-state index contributed by atoms with van der Waals surface area (Å²) in [5, 5.41) is 0. The molecule has 0 spiro atoms. The molecule has 0 fully saturated rings. The van der Waals surface area contributed by atoms with E-state index < -0.39 is 0 Å². The highest BCUT2D eigenvalue weighted by molar-refractivity contribution is 5.16. The van der Waals surface area contributed by atoms with E-state index in [1.807, 2.05) is 0 Å². The van der Waals surface area contributed by atoms with Gasteiger partial charge in [-0.2, -0.15) is 0 Å². The van der Waals surface area contributed by atoms with Gasteiger partial charge in [0, 0.05) is 23.7 Å². The minimum Gasteiger partial charge on any atom is -0.330 e. The van der Waals surface area contributed by atoms with Crippen LogP contribution >= 0.6 is 0 Å². The Morgan fingerprint density at radius 2 is 1.75 bits per heavy atom. The first-order chi connectivity index (χ1) is 7.56. The van der Waals surface area contributed by atoms with E-state index in [0.717, 1.165) is 12.1 Å². The number of aromatic nitrogens is 1. The third-order valence-electron chi connectivity index (χ3n) is 3.01. The fraction of sp³-hybridized carbons (Fsp3) is 0.643. The van der Waals surface area contributed by atoms with Crippen LogP contribution in [0.1, 0.15) is 45.0 Å². The molecule has 1 heterocycles. The van der Waals surface area contributed by atoms with Crippen molar-refractivity contribution in [2.75, 3.05) is 6.54 Å². The average molecular weight is 220 g/mol. The normalized spacial score (nSPS) is 11.8. The molecule has 16 heavy (non-hydrogen) atoms. The molecule has 0 saturated heterocycles. The first kappa shape index (κ1) is 13.2.